The van der Waals surface area contributed by atoms with Crippen molar-refractivity contribution in [1.82, 2.24) is 0 Å². The van der Waals surface area contributed by atoms with Crippen molar-refractivity contribution in [3.05, 3.63) is 0 Å². The third kappa shape index (κ3) is 15.7. The van der Waals surface area contributed by atoms with Crippen LogP contribution in [-0.4, -0.2) is 37.9 Å². The van der Waals surface area contributed by atoms with Crippen LogP contribution in [0.5, 0.6) is 0 Å². The highest BCUT2D eigenvalue weighted by Crippen LogP contribution is 2.13. The van der Waals surface area contributed by atoms with Crippen molar-refractivity contribution in [3.8, 4) is 0 Å². The van der Waals surface area contributed by atoms with Crippen LogP contribution in [0.1, 0.15) is 59.8 Å². The molecule has 0 saturated heterocycles. The number of quaternary nitrogens is 1. The van der Waals surface area contributed by atoms with Gasteiger partial charge in [0.25, 0.3) is 0 Å². The predicted octanol–water partition coefficient (Wildman–Crippen LogP) is 5.13. The Bertz CT molecular complexity index is 175. The summed E-state index contributed by atoms with van der Waals surface area (Å²) in [4.78, 5) is 0. The Balaban J connectivity index is 0. The van der Waals surface area contributed by atoms with E-state index in [1.807, 2.05) is 0 Å². The summed E-state index contributed by atoms with van der Waals surface area (Å²) < 4.78 is 40.4. The average molecular weight is 287 g/mol. The number of hydrogen-bond donors (Lipinski definition) is 0. The topological polar surface area (TPSA) is 0 Å². The van der Waals surface area contributed by atoms with E-state index in [0.717, 1.165) is 0 Å². The SMILES string of the molecule is CCCC[N+](CCC)(CCC)CCC.F[B-](F)(F)F. The molecule has 0 bridgehead atoms. The third-order valence-corrected chi connectivity index (χ3v) is 3.08. The van der Waals surface area contributed by atoms with Gasteiger partial charge in [-0.2, -0.15) is 0 Å². The molecule has 0 aliphatic rings. The number of rotatable bonds is 9. The zero-order chi connectivity index (χ0) is 15.4. The van der Waals surface area contributed by atoms with Crippen LogP contribution in [0.15, 0.2) is 0 Å². The van der Waals surface area contributed by atoms with E-state index in [9.17, 15) is 17.3 Å². The van der Waals surface area contributed by atoms with Gasteiger partial charge in [-0.1, -0.05) is 34.1 Å². The molecule has 19 heavy (non-hydrogen) atoms. The maximum Gasteiger partial charge on any atom is 0.673 e. The van der Waals surface area contributed by atoms with E-state index in [1.165, 1.54) is 62.8 Å². The normalized spacial score (nSPS) is 12.0. The van der Waals surface area contributed by atoms with E-state index >= 15 is 0 Å². The van der Waals surface area contributed by atoms with E-state index < -0.39 is 7.25 Å². The fourth-order valence-electron chi connectivity index (χ4n) is 2.59. The quantitative estimate of drug-likeness (QED) is 0.313. The molecule has 0 aliphatic carbocycles. The third-order valence-electron chi connectivity index (χ3n) is 3.08. The van der Waals surface area contributed by atoms with Crippen molar-refractivity contribution in [3.63, 3.8) is 0 Å². The molecule has 0 rings (SSSR count). The summed E-state index contributed by atoms with van der Waals surface area (Å²) in [6.07, 6.45) is 6.76. The van der Waals surface area contributed by atoms with Crippen LogP contribution in [0.2, 0.25) is 0 Å². The van der Waals surface area contributed by atoms with Gasteiger partial charge in [0.15, 0.2) is 0 Å². The summed E-state index contributed by atoms with van der Waals surface area (Å²) in [6.45, 7) is 14.9. The number of unbranched alkanes of at least 4 members (excludes halogenated alkanes) is 1. The lowest BCUT2D eigenvalue weighted by Gasteiger charge is -2.38. The molecule has 0 atom stereocenters. The second kappa shape index (κ2) is 11.6. The maximum absolute atomic E-state index is 9.75. The van der Waals surface area contributed by atoms with Crippen LogP contribution in [-0.2, 0) is 0 Å². The smallest absolute Gasteiger partial charge is 0.418 e. The van der Waals surface area contributed by atoms with Gasteiger partial charge in [0.2, 0.25) is 0 Å². The molecule has 0 heterocycles. The van der Waals surface area contributed by atoms with Gasteiger partial charge >= 0.3 is 7.25 Å². The molecule has 0 aromatic carbocycles. The number of halogens is 4. The lowest BCUT2D eigenvalue weighted by Crippen LogP contribution is -2.50. The summed E-state index contributed by atoms with van der Waals surface area (Å²) >= 11 is 0. The summed E-state index contributed by atoms with van der Waals surface area (Å²) in [6, 6.07) is 0. The summed E-state index contributed by atoms with van der Waals surface area (Å²) in [5, 5.41) is 0. The fraction of sp³-hybridized carbons (Fsp3) is 1.00. The Hall–Kier alpha value is -0.255. The van der Waals surface area contributed by atoms with Crippen LogP contribution in [0.25, 0.3) is 0 Å². The van der Waals surface area contributed by atoms with E-state index in [0.29, 0.717) is 0 Å². The second-order valence-electron chi connectivity index (χ2n) is 5.08. The molecular weight excluding hydrogens is 257 g/mol. The van der Waals surface area contributed by atoms with Crippen molar-refractivity contribution >= 4 is 7.25 Å². The van der Waals surface area contributed by atoms with Gasteiger partial charge in [-0.3, -0.25) is 0 Å². The first-order chi connectivity index (χ1) is 8.74. The highest BCUT2D eigenvalue weighted by molar-refractivity contribution is 6.50. The first-order valence-corrected chi connectivity index (χ1v) is 7.47. The molecule has 0 spiro atoms. The molecule has 0 radical (unpaired) electrons. The summed E-state index contributed by atoms with van der Waals surface area (Å²) in [7, 11) is -6.00. The monoisotopic (exact) mass is 287 g/mol. The van der Waals surface area contributed by atoms with E-state index in [-0.39, 0.29) is 0 Å². The highest BCUT2D eigenvalue weighted by Gasteiger charge is 2.23. The van der Waals surface area contributed by atoms with Gasteiger partial charge in [0.1, 0.15) is 0 Å². The van der Waals surface area contributed by atoms with Crippen molar-refractivity contribution < 1.29 is 21.7 Å². The Morgan fingerprint density at radius 2 is 0.947 bits per heavy atom. The standard InChI is InChI=1S/C13H30N.BF4/c1-5-9-13-14(10-6-2,11-7-3)12-8-4;2-1(3,4)5/h5-13H2,1-4H3;/q+1;-1. The molecule has 0 aliphatic heterocycles. The van der Waals surface area contributed by atoms with Crippen LogP contribution in [0.3, 0.4) is 0 Å². The minimum Gasteiger partial charge on any atom is -0.418 e. The number of hydrogen-bond acceptors (Lipinski definition) is 0. The van der Waals surface area contributed by atoms with Crippen LogP contribution >= 0.6 is 0 Å². The van der Waals surface area contributed by atoms with Gasteiger partial charge < -0.3 is 21.7 Å². The Kier molecular flexibility index (Phi) is 12.8. The van der Waals surface area contributed by atoms with Crippen LogP contribution in [0.4, 0.5) is 17.3 Å². The first kappa shape index (κ1) is 21.1. The Morgan fingerprint density at radius 3 is 1.16 bits per heavy atom. The summed E-state index contributed by atoms with van der Waals surface area (Å²) in [5.74, 6) is 0. The molecule has 6 heteroatoms. The molecule has 0 saturated carbocycles. The molecule has 1 nitrogen and oxygen atoms in total. The fourth-order valence-corrected chi connectivity index (χ4v) is 2.59. The predicted molar refractivity (Wildman–Crippen MR) is 75.7 cm³/mol. The van der Waals surface area contributed by atoms with Crippen LogP contribution < -0.4 is 0 Å². The molecule has 0 N–H and O–H groups in total. The zero-order valence-corrected chi connectivity index (χ0v) is 12.9. The Labute approximate surface area is 116 Å². The number of nitrogens with zero attached hydrogens (tertiary/aromatic N) is 1. The minimum atomic E-state index is -6.00. The minimum absolute atomic E-state index is 1.34. The van der Waals surface area contributed by atoms with Crippen molar-refractivity contribution in [1.29, 1.82) is 0 Å². The second-order valence-corrected chi connectivity index (χ2v) is 5.08. The zero-order valence-electron chi connectivity index (χ0n) is 12.9. The lowest BCUT2D eigenvalue weighted by molar-refractivity contribution is -0.928. The van der Waals surface area contributed by atoms with Gasteiger partial charge in [0, 0.05) is 0 Å². The van der Waals surface area contributed by atoms with Crippen molar-refractivity contribution in [2.24, 2.45) is 0 Å². The summed E-state index contributed by atoms with van der Waals surface area (Å²) in [5.41, 5.74) is 0. The van der Waals surface area contributed by atoms with Gasteiger partial charge in [-0.05, 0) is 25.7 Å². The van der Waals surface area contributed by atoms with Crippen molar-refractivity contribution in [2.45, 2.75) is 59.8 Å². The highest BCUT2D eigenvalue weighted by atomic mass is 19.5. The molecular formula is C13H30BF4N. The molecule has 118 valence electrons. The molecule has 0 aromatic heterocycles. The van der Waals surface area contributed by atoms with Gasteiger partial charge in [-0.15, -0.1) is 0 Å². The lowest BCUT2D eigenvalue weighted by atomic mass is 10.2. The Morgan fingerprint density at radius 1 is 0.632 bits per heavy atom. The molecule has 0 amide bonds. The first-order valence-electron chi connectivity index (χ1n) is 7.47. The molecule has 0 unspecified atom stereocenters. The van der Waals surface area contributed by atoms with E-state index in [1.54, 1.807) is 0 Å². The largest absolute Gasteiger partial charge is 0.673 e. The molecule has 0 aromatic rings. The van der Waals surface area contributed by atoms with E-state index in [2.05, 4.69) is 27.7 Å². The van der Waals surface area contributed by atoms with Crippen LogP contribution in [0, 0.1) is 0 Å². The maximum atomic E-state index is 9.75. The van der Waals surface area contributed by atoms with Gasteiger partial charge in [-0.25, -0.2) is 0 Å². The van der Waals surface area contributed by atoms with Gasteiger partial charge in [0.05, 0.1) is 26.2 Å². The van der Waals surface area contributed by atoms with Crippen molar-refractivity contribution in [2.75, 3.05) is 26.2 Å². The molecule has 0 fully saturated rings. The van der Waals surface area contributed by atoms with E-state index in [4.69, 9.17) is 0 Å². The average Bonchev–Trinajstić information content (AvgIpc) is 2.25.